The lowest BCUT2D eigenvalue weighted by Crippen LogP contribution is -2.46. The molecule has 0 bridgehead atoms. The van der Waals surface area contributed by atoms with Crippen molar-refractivity contribution in [3.63, 3.8) is 0 Å². The molecule has 0 amide bonds. The number of aryl methyl sites for hydroxylation is 1. The lowest BCUT2D eigenvalue weighted by Gasteiger charge is -2.33. The maximum atomic E-state index is 4.60. The second-order valence-electron chi connectivity index (χ2n) is 5.60. The third-order valence-electron chi connectivity index (χ3n) is 4.13. The Labute approximate surface area is 128 Å². The summed E-state index contributed by atoms with van der Waals surface area (Å²) in [6.45, 7) is 2.69. The highest BCUT2D eigenvalue weighted by atomic mass is 15.3. The Kier molecular flexibility index (Phi) is 3.23. The maximum Gasteiger partial charge on any atom is 0.227 e. The predicted molar refractivity (Wildman–Crippen MR) is 85.7 cm³/mol. The number of rotatable bonds is 2. The van der Waals surface area contributed by atoms with Crippen LogP contribution in [0.25, 0.3) is 11.2 Å². The smallest absolute Gasteiger partial charge is 0.227 e. The van der Waals surface area contributed by atoms with E-state index in [4.69, 9.17) is 0 Å². The van der Waals surface area contributed by atoms with Gasteiger partial charge >= 0.3 is 0 Å². The Bertz CT molecular complexity index is 782. The molecule has 6 nitrogen and oxygen atoms in total. The van der Waals surface area contributed by atoms with Gasteiger partial charge in [-0.25, -0.2) is 9.97 Å². The molecule has 3 heterocycles. The summed E-state index contributed by atoms with van der Waals surface area (Å²) in [7, 11) is 1.95. The van der Waals surface area contributed by atoms with Crippen LogP contribution in [0.4, 0.5) is 5.95 Å². The summed E-state index contributed by atoms with van der Waals surface area (Å²) in [6, 6.07) is 10.8. The van der Waals surface area contributed by atoms with E-state index in [-0.39, 0.29) is 0 Å². The second kappa shape index (κ2) is 5.38. The third kappa shape index (κ3) is 2.31. The zero-order chi connectivity index (χ0) is 14.9. The molecular formula is C16H18N6. The van der Waals surface area contributed by atoms with E-state index < -0.39 is 0 Å². The first kappa shape index (κ1) is 13.2. The molecule has 2 aromatic heterocycles. The molecule has 1 atom stereocenters. The molecule has 1 aliphatic rings. The molecule has 0 spiro atoms. The fraction of sp³-hybridized carbons (Fsp3) is 0.312. The van der Waals surface area contributed by atoms with Gasteiger partial charge in [-0.2, -0.15) is 4.98 Å². The second-order valence-corrected chi connectivity index (χ2v) is 5.60. The molecule has 0 radical (unpaired) electrons. The fourth-order valence-electron chi connectivity index (χ4n) is 2.90. The Morgan fingerprint density at radius 3 is 2.91 bits per heavy atom. The van der Waals surface area contributed by atoms with E-state index in [9.17, 15) is 0 Å². The monoisotopic (exact) mass is 294 g/mol. The number of fused-ring (bicyclic) bond motifs is 1. The standard InChI is InChI=1S/C16H18N6/c1-21-11-19-15-14(21)9-18-16(20-15)22-8-7-17-13(10-22)12-5-3-2-4-6-12/h2-6,9,11,13,17H,7-8,10H2,1H3. The van der Waals surface area contributed by atoms with Gasteiger partial charge in [-0.05, 0) is 5.56 Å². The van der Waals surface area contributed by atoms with Gasteiger partial charge in [0.2, 0.25) is 5.95 Å². The first-order chi connectivity index (χ1) is 10.8. The van der Waals surface area contributed by atoms with Crippen LogP contribution in [0, 0.1) is 0 Å². The SMILES string of the molecule is Cn1cnc2nc(N3CCNC(c4ccccc4)C3)ncc21. The normalized spacial score (nSPS) is 18.8. The van der Waals surface area contributed by atoms with E-state index in [0.717, 1.165) is 36.7 Å². The van der Waals surface area contributed by atoms with Gasteiger partial charge < -0.3 is 14.8 Å². The van der Waals surface area contributed by atoms with Crippen molar-refractivity contribution in [3.05, 3.63) is 48.4 Å². The van der Waals surface area contributed by atoms with Crippen molar-refractivity contribution in [2.45, 2.75) is 6.04 Å². The fourth-order valence-corrected chi connectivity index (χ4v) is 2.90. The molecule has 0 saturated carbocycles. The van der Waals surface area contributed by atoms with Gasteiger partial charge in [-0.3, -0.25) is 0 Å². The van der Waals surface area contributed by atoms with Gasteiger partial charge in [0.05, 0.1) is 12.5 Å². The first-order valence-electron chi connectivity index (χ1n) is 7.48. The van der Waals surface area contributed by atoms with Crippen LogP contribution < -0.4 is 10.2 Å². The minimum atomic E-state index is 0.304. The highest BCUT2D eigenvalue weighted by Gasteiger charge is 2.22. The molecule has 1 aromatic carbocycles. The van der Waals surface area contributed by atoms with Crippen LogP contribution in [-0.2, 0) is 7.05 Å². The number of hydrogen-bond donors (Lipinski definition) is 1. The molecule has 22 heavy (non-hydrogen) atoms. The van der Waals surface area contributed by atoms with Crippen molar-refractivity contribution in [2.24, 2.45) is 7.05 Å². The van der Waals surface area contributed by atoms with Crippen molar-refractivity contribution in [2.75, 3.05) is 24.5 Å². The minimum Gasteiger partial charge on any atom is -0.338 e. The Hall–Kier alpha value is -2.47. The van der Waals surface area contributed by atoms with Gasteiger partial charge in [-0.15, -0.1) is 0 Å². The zero-order valence-electron chi connectivity index (χ0n) is 12.5. The molecule has 112 valence electrons. The van der Waals surface area contributed by atoms with Crippen LogP contribution in [0.5, 0.6) is 0 Å². The average molecular weight is 294 g/mol. The molecule has 1 N–H and O–H groups in total. The van der Waals surface area contributed by atoms with Crippen molar-refractivity contribution < 1.29 is 0 Å². The summed E-state index contributed by atoms with van der Waals surface area (Å²) in [6.07, 6.45) is 3.62. The largest absolute Gasteiger partial charge is 0.338 e. The molecule has 6 heteroatoms. The summed E-state index contributed by atoms with van der Waals surface area (Å²) < 4.78 is 1.93. The average Bonchev–Trinajstić information content (AvgIpc) is 2.96. The molecule has 1 aliphatic heterocycles. The number of nitrogens with zero attached hydrogens (tertiary/aromatic N) is 5. The summed E-state index contributed by atoms with van der Waals surface area (Å²) in [4.78, 5) is 15.7. The Balaban J connectivity index is 1.61. The van der Waals surface area contributed by atoms with E-state index in [1.165, 1.54) is 5.56 Å². The van der Waals surface area contributed by atoms with Gasteiger partial charge in [0.25, 0.3) is 0 Å². The van der Waals surface area contributed by atoms with E-state index >= 15 is 0 Å². The van der Waals surface area contributed by atoms with Crippen molar-refractivity contribution >= 4 is 17.1 Å². The molecule has 0 aliphatic carbocycles. The minimum absolute atomic E-state index is 0.304. The lowest BCUT2D eigenvalue weighted by molar-refractivity contribution is 0.467. The summed E-state index contributed by atoms with van der Waals surface area (Å²) in [5.41, 5.74) is 3.01. The van der Waals surface area contributed by atoms with E-state index in [1.807, 2.05) is 23.9 Å². The first-order valence-corrected chi connectivity index (χ1v) is 7.48. The van der Waals surface area contributed by atoms with Gasteiger partial charge in [0.15, 0.2) is 5.65 Å². The lowest BCUT2D eigenvalue weighted by atomic mass is 10.1. The van der Waals surface area contributed by atoms with Crippen LogP contribution in [0.2, 0.25) is 0 Å². The number of nitrogens with one attached hydrogen (secondary N) is 1. The number of imidazole rings is 1. The highest BCUT2D eigenvalue weighted by Crippen LogP contribution is 2.21. The number of anilines is 1. The van der Waals surface area contributed by atoms with Crippen LogP contribution in [0.3, 0.4) is 0 Å². The number of aromatic nitrogens is 4. The maximum absolute atomic E-state index is 4.60. The van der Waals surface area contributed by atoms with Crippen LogP contribution in [0.15, 0.2) is 42.9 Å². The topological polar surface area (TPSA) is 58.9 Å². The van der Waals surface area contributed by atoms with Crippen LogP contribution in [0.1, 0.15) is 11.6 Å². The number of hydrogen-bond acceptors (Lipinski definition) is 5. The van der Waals surface area contributed by atoms with Crippen molar-refractivity contribution in [3.8, 4) is 0 Å². The molecule has 4 rings (SSSR count). The summed E-state index contributed by atoms with van der Waals surface area (Å²) >= 11 is 0. The van der Waals surface area contributed by atoms with Crippen LogP contribution >= 0.6 is 0 Å². The molecule has 1 unspecified atom stereocenters. The number of benzene rings is 1. The quantitative estimate of drug-likeness (QED) is 0.776. The van der Waals surface area contributed by atoms with Gasteiger partial charge in [0, 0.05) is 32.7 Å². The summed E-state index contributed by atoms with van der Waals surface area (Å²) in [5, 5.41) is 3.56. The predicted octanol–water partition coefficient (Wildman–Crippen LogP) is 1.51. The van der Waals surface area contributed by atoms with Crippen molar-refractivity contribution in [1.82, 2.24) is 24.8 Å². The molecule has 3 aromatic rings. The molecule has 1 fully saturated rings. The van der Waals surface area contributed by atoms with Gasteiger partial charge in [0.1, 0.15) is 5.52 Å². The summed E-state index contributed by atoms with van der Waals surface area (Å²) in [5.74, 6) is 0.758. The van der Waals surface area contributed by atoms with Crippen molar-refractivity contribution in [1.29, 1.82) is 0 Å². The highest BCUT2D eigenvalue weighted by molar-refractivity contribution is 5.70. The Morgan fingerprint density at radius 2 is 2.05 bits per heavy atom. The van der Waals surface area contributed by atoms with E-state index in [1.54, 1.807) is 6.33 Å². The van der Waals surface area contributed by atoms with E-state index in [2.05, 4.69) is 49.4 Å². The van der Waals surface area contributed by atoms with Gasteiger partial charge in [-0.1, -0.05) is 30.3 Å². The van der Waals surface area contributed by atoms with E-state index in [0.29, 0.717) is 6.04 Å². The zero-order valence-corrected chi connectivity index (χ0v) is 12.5. The Morgan fingerprint density at radius 1 is 1.18 bits per heavy atom. The third-order valence-corrected chi connectivity index (χ3v) is 4.13. The van der Waals surface area contributed by atoms with Crippen LogP contribution in [-0.4, -0.2) is 39.2 Å². The number of piperazine rings is 1. The molecular weight excluding hydrogens is 276 g/mol. The molecule has 1 saturated heterocycles.